The molecule has 0 atom stereocenters. The van der Waals surface area contributed by atoms with E-state index in [0.717, 1.165) is 0 Å². The van der Waals surface area contributed by atoms with Gasteiger partial charge in [-0.25, -0.2) is 9.59 Å². The summed E-state index contributed by atoms with van der Waals surface area (Å²) in [5.74, 6) is 0. The Labute approximate surface area is 140 Å². The molecule has 0 aromatic rings. The van der Waals surface area contributed by atoms with Gasteiger partial charge in [-0.3, -0.25) is 0 Å². The Morgan fingerprint density at radius 3 is 1.00 bits per heavy atom. The van der Waals surface area contributed by atoms with Crippen molar-refractivity contribution in [3.05, 3.63) is 0 Å². The highest BCUT2D eigenvalue weighted by Gasteiger charge is 2.46. The van der Waals surface area contributed by atoms with E-state index in [1.54, 1.807) is 0 Å². The van der Waals surface area contributed by atoms with Gasteiger partial charge in [0.2, 0.25) is 12.2 Å². The highest BCUT2D eigenvalue weighted by molar-refractivity contribution is 6.45. The van der Waals surface area contributed by atoms with Crippen LogP contribution in [-0.2, 0) is 9.59 Å². The molecule has 1 saturated carbocycles. The monoisotopic (exact) mass is 386 g/mol. The van der Waals surface area contributed by atoms with Crippen molar-refractivity contribution in [3.8, 4) is 0 Å². The highest BCUT2D eigenvalue weighted by Crippen LogP contribution is 2.39. The lowest BCUT2D eigenvalue weighted by Crippen LogP contribution is -2.52. The van der Waals surface area contributed by atoms with Crippen LogP contribution in [0.3, 0.4) is 0 Å². The quantitative estimate of drug-likeness (QED) is 0.414. The maximum absolute atomic E-state index is 9.20. The van der Waals surface area contributed by atoms with Crippen LogP contribution in [0.4, 0.5) is 0 Å². The van der Waals surface area contributed by atoms with E-state index in [-0.39, 0.29) is 6.67 Å². The van der Waals surface area contributed by atoms with Crippen LogP contribution in [0, 0.1) is 0 Å². The molecule has 0 aromatic heterocycles. The van der Waals surface area contributed by atoms with Gasteiger partial charge in [0.15, 0.2) is 6.67 Å². The number of nitrogens with zero attached hydrogens (tertiary/aromatic N) is 2. The first-order chi connectivity index (χ1) is 8.88. The SMILES string of the molecule is ClC1C(Cl)C(Cl)C(Cl)C(Cl)C1Cl.O=C=NCN=C=O. The minimum absolute atomic E-state index is 0.160. The highest BCUT2D eigenvalue weighted by atomic mass is 35.5. The zero-order valence-electron chi connectivity index (χ0n) is 9.15. The zero-order valence-corrected chi connectivity index (χ0v) is 13.7. The summed E-state index contributed by atoms with van der Waals surface area (Å²) < 4.78 is 0. The summed E-state index contributed by atoms with van der Waals surface area (Å²) in [6, 6.07) is 0. The van der Waals surface area contributed by atoms with E-state index in [1.165, 1.54) is 12.2 Å². The minimum Gasteiger partial charge on any atom is -0.211 e. The Balaban J connectivity index is 0.000000399. The van der Waals surface area contributed by atoms with Gasteiger partial charge in [-0.15, -0.1) is 69.6 Å². The van der Waals surface area contributed by atoms with Gasteiger partial charge >= 0.3 is 0 Å². The zero-order chi connectivity index (χ0) is 15.0. The molecule has 0 aliphatic heterocycles. The predicted octanol–water partition coefficient (Wildman–Crippen LogP) is 3.26. The molecule has 0 aromatic carbocycles. The van der Waals surface area contributed by atoms with Gasteiger partial charge in [-0.1, -0.05) is 0 Å². The molecule has 1 aliphatic carbocycles. The van der Waals surface area contributed by atoms with Crippen molar-refractivity contribution < 1.29 is 9.59 Å². The Morgan fingerprint density at radius 2 is 0.842 bits per heavy atom. The van der Waals surface area contributed by atoms with E-state index in [9.17, 15) is 9.59 Å². The van der Waals surface area contributed by atoms with E-state index in [4.69, 9.17) is 69.6 Å². The van der Waals surface area contributed by atoms with Gasteiger partial charge in [0.05, 0.1) is 32.3 Å². The van der Waals surface area contributed by atoms with E-state index in [2.05, 4.69) is 9.98 Å². The second-order valence-corrected chi connectivity index (χ2v) is 6.33. The van der Waals surface area contributed by atoms with Crippen LogP contribution in [0.25, 0.3) is 0 Å². The molecule has 1 aliphatic rings. The van der Waals surface area contributed by atoms with Crippen LogP contribution in [0.15, 0.2) is 9.98 Å². The number of halogens is 6. The molecule has 108 valence electrons. The molecule has 1 fully saturated rings. The van der Waals surface area contributed by atoms with Crippen molar-refractivity contribution in [1.29, 1.82) is 0 Å². The molecule has 0 N–H and O–H groups in total. The lowest BCUT2D eigenvalue weighted by Gasteiger charge is -2.37. The molecule has 0 amide bonds. The van der Waals surface area contributed by atoms with Gasteiger partial charge in [0.1, 0.15) is 0 Å². The molecule has 0 radical (unpaired) electrons. The topological polar surface area (TPSA) is 58.9 Å². The maximum atomic E-state index is 9.20. The van der Waals surface area contributed by atoms with Crippen molar-refractivity contribution in [2.45, 2.75) is 32.3 Å². The van der Waals surface area contributed by atoms with E-state index < -0.39 is 32.3 Å². The third-order valence-electron chi connectivity index (χ3n) is 2.10. The number of aliphatic imine (C=N–C) groups is 2. The summed E-state index contributed by atoms with van der Waals surface area (Å²) in [7, 11) is 0. The van der Waals surface area contributed by atoms with Gasteiger partial charge < -0.3 is 0 Å². The Morgan fingerprint density at radius 1 is 0.632 bits per heavy atom. The average molecular weight is 389 g/mol. The number of hydrogen-bond donors (Lipinski definition) is 0. The third-order valence-corrected chi connectivity index (χ3v) is 6.13. The standard InChI is InChI=1S/C6H6Cl6.C3H2N2O2/c7-1-2(8)4(10)6(12)5(11)3(1)9;6-2-4-1-5-3-7/h1-6H;1H2. The van der Waals surface area contributed by atoms with Gasteiger partial charge in [-0.05, 0) is 0 Å². The Hall–Kier alpha value is 0.500. The molecule has 1 rings (SSSR count). The summed E-state index contributed by atoms with van der Waals surface area (Å²) in [5.41, 5.74) is 0. The lowest BCUT2D eigenvalue weighted by molar-refractivity contribution is 0.544. The molecular formula is C9H8Cl6N2O2. The fourth-order valence-electron chi connectivity index (χ4n) is 1.15. The van der Waals surface area contributed by atoms with Gasteiger partial charge in [0.25, 0.3) is 0 Å². The average Bonchev–Trinajstić information content (AvgIpc) is 2.42. The molecular weight excluding hydrogens is 381 g/mol. The molecule has 0 unspecified atom stereocenters. The van der Waals surface area contributed by atoms with Crippen molar-refractivity contribution in [3.63, 3.8) is 0 Å². The van der Waals surface area contributed by atoms with E-state index in [1.807, 2.05) is 0 Å². The van der Waals surface area contributed by atoms with E-state index in [0.29, 0.717) is 0 Å². The molecule has 4 nitrogen and oxygen atoms in total. The van der Waals surface area contributed by atoms with Crippen molar-refractivity contribution in [1.82, 2.24) is 0 Å². The summed E-state index contributed by atoms with van der Waals surface area (Å²) >= 11 is 35.3. The van der Waals surface area contributed by atoms with Crippen LogP contribution in [0.1, 0.15) is 0 Å². The number of rotatable bonds is 2. The maximum Gasteiger partial charge on any atom is 0.236 e. The lowest BCUT2D eigenvalue weighted by atomic mass is 9.97. The number of hydrogen-bond acceptors (Lipinski definition) is 4. The molecule has 0 spiro atoms. The molecule has 10 heteroatoms. The van der Waals surface area contributed by atoms with Gasteiger partial charge in [0, 0.05) is 0 Å². The predicted molar refractivity (Wildman–Crippen MR) is 79.0 cm³/mol. The Kier molecular flexibility index (Phi) is 10.5. The van der Waals surface area contributed by atoms with Crippen LogP contribution in [-0.4, -0.2) is 51.1 Å². The molecule has 0 heterocycles. The minimum atomic E-state index is -0.437. The summed E-state index contributed by atoms with van der Waals surface area (Å²) in [4.78, 5) is 24.2. The summed E-state index contributed by atoms with van der Waals surface area (Å²) in [5, 5.41) is -2.62. The number of alkyl halides is 6. The number of isocyanates is 2. The third kappa shape index (κ3) is 6.20. The van der Waals surface area contributed by atoms with Crippen LogP contribution < -0.4 is 0 Å². The second kappa shape index (κ2) is 10.3. The molecule has 19 heavy (non-hydrogen) atoms. The first kappa shape index (κ1) is 19.5. The molecule has 0 bridgehead atoms. The van der Waals surface area contributed by atoms with Crippen molar-refractivity contribution in [2.24, 2.45) is 9.98 Å². The first-order valence-electron chi connectivity index (χ1n) is 4.80. The van der Waals surface area contributed by atoms with Crippen LogP contribution >= 0.6 is 69.6 Å². The van der Waals surface area contributed by atoms with Crippen molar-refractivity contribution in [2.75, 3.05) is 6.67 Å². The largest absolute Gasteiger partial charge is 0.236 e. The fourth-order valence-corrected chi connectivity index (χ4v) is 3.47. The smallest absolute Gasteiger partial charge is 0.211 e. The number of carbonyl (C=O) groups excluding carboxylic acids is 2. The first-order valence-corrected chi connectivity index (χ1v) is 7.42. The van der Waals surface area contributed by atoms with Crippen LogP contribution in [0.2, 0.25) is 0 Å². The summed E-state index contributed by atoms with van der Waals surface area (Å²) in [6.07, 6.45) is 2.41. The second-order valence-electron chi connectivity index (χ2n) is 3.31. The van der Waals surface area contributed by atoms with Crippen molar-refractivity contribution >= 4 is 81.8 Å². The van der Waals surface area contributed by atoms with E-state index >= 15 is 0 Å². The molecule has 0 saturated heterocycles. The Bertz CT molecular complexity index is 297. The fraction of sp³-hybridized carbons (Fsp3) is 0.778. The van der Waals surface area contributed by atoms with Crippen LogP contribution in [0.5, 0.6) is 0 Å². The normalized spacial score (nSPS) is 37.2. The van der Waals surface area contributed by atoms with Gasteiger partial charge in [-0.2, -0.15) is 9.98 Å². The summed E-state index contributed by atoms with van der Waals surface area (Å²) in [6.45, 7) is -0.160.